The average molecular weight is 226 g/mol. The highest BCUT2D eigenvalue weighted by Crippen LogP contribution is 2.22. The quantitative estimate of drug-likeness (QED) is 0.821. The molecule has 0 aliphatic carbocycles. The minimum Gasteiger partial charge on any atom is -0.348 e. The zero-order chi connectivity index (χ0) is 11.4. The number of hydrogen-bond acceptors (Lipinski definition) is 3. The van der Waals surface area contributed by atoms with Crippen molar-refractivity contribution in [2.24, 2.45) is 5.73 Å². The highest BCUT2D eigenvalue weighted by Gasteiger charge is 2.12. The van der Waals surface area contributed by atoms with Gasteiger partial charge in [-0.05, 0) is 31.9 Å². The van der Waals surface area contributed by atoms with Crippen LogP contribution >= 0.6 is 11.3 Å². The monoisotopic (exact) mass is 226 g/mol. The molecule has 1 amide bonds. The van der Waals surface area contributed by atoms with Crippen molar-refractivity contribution in [1.29, 1.82) is 0 Å². The van der Waals surface area contributed by atoms with Gasteiger partial charge in [0.2, 0.25) is 0 Å². The third kappa shape index (κ3) is 3.04. The van der Waals surface area contributed by atoms with Gasteiger partial charge in [-0.2, -0.15) is 0 Å². The van der Waals surface area contributed by atoms with E-state index in [0.29, 0.717) is 6.54 Å². The lowest BCUT2D eigenvalue weighted by atomic mass is 10.2. The lowest BCUT2D eigenvalue weighted by Crippen LogP contribution is -2.37. The van der Waals surface area contributed by atoms with E-state index in [9.17, 15) is 4.79 Å². The number of thiophene rings is 1. The van der Waals surface area contributed by atoms with E-state index >= 15 is 0 Å². The first-order valence-corrected chi connectivity index (χ1v) is 6.00. The molecule has 0 spiro atoms. The van der Waals surface area contributed by atoms with Crippen LogP contribution in [0.5, 0.6) is 0 Å². The van der Waals surface area contributed by atoms with Crippen LogP contribution in [-0.2, 0) is 6.42 Å². The molecule has 4 heteroatoms. The van der Waals surface area contributed by atoms with Crippen molar-refractivity contribution in [2.75, 3.05) is 6.54 Å². The van der Waals surface area contributed by atoms with E-state index in [4.69, 9.17) is 5.73 Å². The first-order valence-electron chi connectivity index (χ1n) is 5.18. The molecule has 0 bridgehead atoms. The zero-order valence-corrected chi connectivity index (χ0v) is 10.3. The normalized spacial score (nSPS) is 12.5. The SMILES string of the molecule is CCc1sc(C(=O)N[C@@H](C)CN)cc1C. The van der Waals surface area contributed by atoms with Crippen LogP contribution in [0.15, 0.2) is 6.07 Å². The second kappa shape index (κ2) is 5.28. The van der Waals surface area contributed by atoms with Crippen LogP contribution in [0.2, 0.25) is 0 Å². The van der Waals surface area contributed by atoms with Crippen molar-refractivity contribution in [2.45, 2.75) is 33.2 Å². The van der Waals surface area contributed by atoms with E-state index in [1.165, 1.54) is 10.4 Å². The van der Waals surface area contributed by atoms with Gasteiger partial charge in [-0.3, -0.25) is 4.79 Å². The molecule has 0 radical (unpaired) electrons. The fraction of sp³-hybridized carbons (Fsp3) is 0.545. The fourth-order valence-electron chi connectivity index (χ4n) is 1.34. The molecule has 0 aliphatic heterocycles. The van der Waals surface area contributed by atoms with E-state index in [1.54, 1.807) is 11.3 Å². The summed E-state index contributed by atoms with van der Waals surface area (Å²) in [7, 11) is 0. The maximum atomic E-state index is 11.7. The number of aryl methyl sites for hydroxylation is 2. The Balaban J connectivity index is 2.74. The van der Waals surface area contributed by atoms with Crippen LogP contribution in [0.4, 0.5) is 0 Å². The number of rotatable bonds is 4. The second-order valence-electron chi connectivity index (χ2n) is 3.68. The van der Waals surface area contributed by atoms with E-state index in [0.717, 1.165) is 11.3 Å². The maximum absolute atomic E-state index is 11.7. The van der Waals surface area contributed by atoms with Gasteiger partial charge in [0.05, 0.1) is 4.88 Å². The van der Waals surface area contributed by atoms with Gasteiger partial charge in [0, 0.05) is 17.5 Å². The van der Waals surface area contributed by atoms with Gasteiger partial charge in [0.1, 0.15) is 0 Å². The summed E-state index contributed by atoms with van der Waals surface area (Å²) >= 11 is 1.57. The van der Waals surface area contributed by atoms with Gasteiger partial charge in [-0.25, -0.2) is 0 Å². The largest absolute Gasteiger partial charge is 0.348 e. The van der Waals surface area contributed by atoms with E-state index in [2.05, 4.69) is 12.2 Å². The smallest absolute Gasteiger partial charge is 0.261 e. The molecule has 0 aromatic carbocycles. The van der Waals surface area contributed by atoms with Crippen molar-refractivity contribution >= 4 is 17.2 Å². The molecule has 3 nitrogen and oxygen atoms in total. The predicted molar refractivity (Wildman–Crippen MR) is 64.4 cm³/mol. The van der Waals surface area contributed by atoms with Crippen LogP contribution in [0.25, 0.3) is 0 Å². The summed E-state index contributed by atoms with van der Waals surface area (Å²) in [6.45, 7) is 6.51. The summed E-state index contributed by atoms with van der Waals surface area (Å²) < 4.78 is 0. The third-order valence-corrected chi connectivity index (χ3v) is 3.68. The molecule has 3 N–H and O–H groups in total. The molecule has 1 rings (SSSR count). The van der Waals surface area contributed by atoms with Crippen LogP contribution in [0.1, 0.15) is 34.0 Å². The summed E-state index contributed by atoms with van der Waals surface area (Å²) in [6.07, 6.45) is 0.982. The predicted octanol–water partition coefficient (Wildman–Crippen LogP) is 1.70. The maximum Gasteiger partial charge on any atom is 0.261 e. The first kappa shape index (κ1) is 12.2. The van der Waals surface area contributed by atoms with Crippen LogP contribution in [-0.4, -0.2) is 18.5 Å². The second-order valence-corrected chi connectivity index (χ2v) is 4.82. The Bertz CT molecular complexity index is 346. The summed E-state index contributed by atoms with van der Waals surface area (Å²) in [5.41, 5.74) is 6.65. The average Bonchev–Trinajstić information content (AvgIpc) is 2.59. The highest BCUT2D eigenvalue weighted by atomic mass is 32.1. The van der Waals surface area contributed by atoms with Crippen molar-refractivity contribution in [3.63, 3.8) is 0 Å². The number of amides is 1. The Hall–Kier alpha value is -0.870. The number of nitrogens with two attached hydrogens (primary N) is 1. The van der Waals surface area contributed by atoms with Gasteiger partial charge in [-0.15, -0.1) is 11.3 Å². The molecule has 1 atom stereocenters. The molecule has 84 valence electrons. The van der Waals surface area contributed by atoms with Crippen molar-refractivity contribution in [1.82, 2.24) is 5.32 Å². The molecule has 0 fully saturated rings. The van der Waals surface area contributed by atoms with Crippen LogP contribution in [0, 0.1) is 6.92 Å². The Morgan fingerprint density at radius 2 is 2.33 bits per heavy atom. The minimum absolute atomic E-state index is 0.0132. The standard InChI is InChI=1S/C11H18N2OS/c1-4-9-7(2)5-10(15-9)11(14)13-8(3)6-12/h5,8H,4,6,12H2,1-3H3,(H,13,14)/t8-/m0/s1. The summed E-state index contributed by atoms with van der Waals surface area (Å²) in [6, 6.07) is 1.98. The molecule has 0 saturated heterocycles. The molecule has 15 heavy (non-hydrogen) atoms. The Kier molecular flexibility index (Phi) is 4.29. The van der Waals surface area contributed by atoms with Crippen LogP contribution < -0.4 is 11.1 Å². The van der Waals surface area contributed by atoms with Gasteiger partial charge >= 0.3 is 0 Å². The molecular weight excluding hydrogens is 208 g/mol. The molecule has 1 heterocycles. The molecule has 0 unspecified atom stereocenters. The van der Waals surface area contributed by atoms with E-state index in [1.807, 2.05) is 19.9 Å². The van der Waals surface area contributed by atoms with E-state index in [-0.39, 0.29) is 11.9 Å². The van der Waals surface area contributed by atoms with Crippen LogP contribution in [0.3, 0.4) is 0 Å². The van der Waals surface area contributed by atoms with Gasteiger partial charge in [0.25, 0.3) is 5.91 Å². The van der Waals surface area contributed by atoms with Crippen molar-refractivity contribution < 1.29 is 4.79 Å². The van der Waals surface area contributed by atoms with Gasteiger partial charge in [0.15, 0.2) is 0 Å². The first-order chi connectivity index (χ1) is 7.08. The minimum atomic E-state index is -0.0132. The summed E-state index contributed by atoms with van der Waals surface area (Å²) in [5.74, 6) is -0.0132. The van der Waals surface area contributed by atoms with Gasteiger partial charge < -0.3 is 11.1 Å². The number of carbonyl (C=O) groups is 1. The summed E-state index contributed by atoms with van der Waals surface area (Å²) in [4.78, 5) is 13.8. The summed E-state index contributed by atoms with van der Waals surface area (Å²) in [5, 5.41) is 2.86. The fourth-order valence-corrected chi connectivity index (χ4v) is 2.35. The lowest BCUT2D eigenvalue weighted by Gasteiger charge is -2.09. The number of hydrogen-bond donors (Lipinski definition) is 2. The Morgan fingerprint density at radius 3 is 2.80 bits per heavy atom. The number of carbonyl (C=O) groups excluding carboxylic acids is 1. The molecule has 1 aromatic rings. The number of nitrogens with one attached hydrogen (secondary N) is 1. The molecule has 0 aliphatic rings. The Morgan fingerprint density at radius 1 is 1.67 bits per heavy atom. The molecule has 1 aromatic heterocycles. The highest BCUT2D eigenvalue weighted by molar-refractivity contribution is 7.14. The lowest BCUT2D eigenvalue weighted by molar-refractivity contribution is 0.0945. The molecular formula is C11H18N2OS. The topological polar surface area (TPSA) is 55.1 Å². The van der Waals surface area contributed by atoms with Crippen molar-refractivity contribution in [3.8, 4) is 0 Å². The van der Waals surface area contributed by atoms with E-state index < -0.39 is 0 Å². The zero-order valence-electron chi connectivity index (χ0n) is 9.46. The van der Waals surface area contributed by atoms with Crippen molar-refractivity contribution in [3.05, 3.63) is 21.4 Å². The third-order valence-electron chi connectivity index (χ3n) is 2.30. The Labute approximate surface area is 94.7 Å². The van der Waals surface area contributed by atoms with Gasteiger partial charge in [-0.1, -0.05) is 6.92 Å². The molecule has 0 saturated carbocycles.